The zero-order chi connectivity index (χ0) is 15.8. The molecule has 0 unspecified atom stereocenters. The first-order valence-corrected chi connectivity index (χ1v) is 9.31. The molecule has 1 aliphatic heterocycles. The van der Waals surface area contributed by atoms with Crippen molar-refractivity contribution in [2.45, 2.75) is 13.3 Å². The van der Waals surface area contributed by atoms with Crippen LogP contribution in [0.2, 0.25) is 0 Å². The second-order valence-corrected chi connectivity index (χ2v) is 7.85. The lowest BCUT2D eigenvalue weighted by atomic mass is 10.3. The van der Waals surface area contributed by atoms with Crippen LogP contribution in [-0.2, 0) is 4.74 Å². The molecule has 0 saturated carbocycles. The van der Waals surface area contributed by atoms with E-state index in [1.165, 1.54) is 0 Å². The summed E-state index contributed by atoms with van der Waals surface area (Å²) in [5, 5.41) is 8.05. The first-order chi connectivity index (χ1) is 10.6. The Morgan fingerprint density at radius 2 is 2.23 bits per heavy atom. The van der Waals surface area contributed by atoms with Crippen molar-refractivity contribution in [1.29, 1.82) is 0 Å². The van der Waals surface area contributed by atoms with Gasteiger partial charge < -0.3 is 10.1 Å². The Morgan fingerprint density at radius 3 is 2.91 bits per heavy atom. The summed E-state index contributed by atoms with van der Waals surface area (Å²) in [4.78, 5) is 3.54. The van der Waals surface area contributed by atoms with E-state index in [9.17, 15) is 0 Å². The summed E-state index contributed by atoms with van der Waals surface area (Å²) in [5.41, 5.74) is 3.82. The van der Waals surface area contributed by atoms with Crippen molar-refractivity contribution in [3.8, 4) is 0 Å². The molecule has 2 N–H and O–H groups in total. The molecular formula is C14H21BrN4OS2. The fraction of sp³-hybridized carbons (Fsp3) is 0.571. The Kier molecular flexibility index (Phi) is 7.74. The highest BCUT2D eigenvalue weighted by Crippen LogP contribution is 2.22. The predicted octanol–water partition coefficient (Wildman–Crippen LogP) is 2.42. The van der Waals surface area contributed by atoms with Crippen LogP contribution in [0.5, 0.6) is 0 Å². The number of thiocarbonyl (C=S) groups is 1. The number of nitrogens with zero attached hydrogens (tertiary/aromatic N) is 2. The minimum absolute atomic E-state index is 0.567. The van der Waals surface area contributed by atoms with E-state index in [2.05, 4.69) is 36.7 Å². The van der Waals surface area contributed by atoms with Crippen molar-refractivity contribution in [3.63, 3.8) is 0 Å². The number of hydrogen-bond acceptors (Lipinski definition) is 5. The fourth-order valence-corrected chi connectivity index (χ4v) is 3.55. The smallest absolute Gasteiger partial charge is 0.186 e. The third-order valence-electron chi connectivity index (χ3n) is 3.30. The van der Waals surface area contributed by atoms with Crippen LogP contribution in [0.25, 0.3) is 0 Å². The third-order valence-corrected chi connectivity index (χ3v) is 5.26. The van der Waals surface area contributed by atoms with E-state index < -0.39 is 0 Å². The van der Waals surface area contributed by atoms with Gasteiger partial charge in [0.2, 0.25) is 0 Å². The number of halogens is 1. The monoisotopic (exact) mass is 404 g/mol. The van der Waals surface area contributed by atoms with Gasteiger partial charge in [-0.1, -0.05) is 0 Å². The molecule has 1 fully saturated rings. The van der Waals surface area contributed by atoms with E-state index in [0.717, 1.165) is 60.2 Å². The van der Waals surface area contributed by atoms with E-state index in [-0.39, 0.29) is 0 Å². The highest BCUT2D eigenvalue weighted by molar-refractivity contribution is 9.11. The molecule has 1 aliphatic rings. The van der Waals surface area contributed by atoms with Crippen LogP contribution in [0.1, 0.15) is 18.2 Å². The van der Waals surface area contributed by atoms with E-state index in [1.54, 1.807) is 11.3 Å². The van der Waals surface area contributed by atoms with Crippen molar-refractivity contribution in [1.82, 2.24) is 15.6 Å². The predicted molar refractivity (Wildman–Crippen MR) is 99.8 cm³/mol. The second-order valence-electron chi connectivity index (χ2n) is 4.98. The first-order valence-electron chi connectivity index (χ1n) is 7.29. The fourth-order valence-electron chi connectivity index (χ4n) is 2.07. The standard InChI is InChI=1S/C14H21BrN4OS2/c1-11(12-3-4-13(15)22-12)17-18-14(21)16-5-2-6-19-7-9-20-10-8-19/h3-4H,2,5-10H2,1H3,(H2,16,18,21)/b17-11-. The lowest BCUT2D eigenvalue weighted by molar-refractivity contribution is 0.0376. The van der Waals surface area contributed by atoms with Gasteiger partial charge in [-0.2, -0.15) is 5.10 Å². The minimum Gasteiger partial charge on any atom is -0.379 e. The quantitative estimate of drug-likeness (QED) is 0.330. The molecule has 0 spiro atoms. The van der Waals surface area contributed by atoms with Gasteiger partial charge in [-0.25, -0.2) is 0 Å². The zero-order valence-corrected chi connectivity index (χ0v) is 15.8. The number of hydrogen-bond donors (Lipinski definition) is 2. The van der Waals surface area contributed by atoms with Gasteiger partial charge in [-0.05, 0) is 60.2 Å². The second kappa shape index (κ2) is 9.57. The molecule has 2 rings (SSSR count). The highest BCUT2D eigenvalue weighted by atomic mass is 79.9. The Balaban J connectivity index is 1.61. The number of ether oxygens (including phenoxy) is 1. The maximum absolute atomic E-state index is 5.33. The SMILES string of the molecule is C/C(=N/NC(=S)NCCCN1CCOCC1)c1ccc(Br)s1. The minimum atomic E-state index is 0.567. The van der Waals surface area contributed by atoms with Crippen molar-refractivity contribution >= 4 is 50.3 Å². The van der Waals surface area contributed by atoms with Crippen molar-refractivity contribution < 1.29 is 4.74 Å². The van der Waals surface area contributed by atoms with Crippen molar-refractivity contribution in [3.05, 3.63) is 20.8 Å². The lowest BCUT2D eigenvalue weighted by Gasteiger charge is -2.26. The first kappa shape index (κ1) is 17.8. The molecule has 0 atom stereocenters. The average molecular weight is 405 g/mol. The third kappa shape index (κ3) is 6.29. The molecule has 2 heterocycles. The molecule has 5 nitrogen and oxygen atoms in total. The van der Waals surface area contributed by atoms with Crippen LogP contribution in [-0.4, -0.2) is 55.1 Å². The largest absolute Gasteiger partial charge is 0.379 e. The van der Waals surface area contributed by atoms with Gasteiger partial charge >= 0.3 is 0 Å². The molecule has 0 bridgehead atoms. The molecule has 0 amide bonds. The zero-order valence-electron chi connectivity index (χ0n) is 12.6. The van der Waals surface area contributed by atoms with Crippen LogP contribution < -0.4 is 10.7 Å². The Labute approximate surface area is 149 Å². The molecule has 8 heteroatoms. The molecule has 122 valence electrons. The van der Waals surface area contributed by atoms with Crippen LogP contribution in [0.3, 0.4) is 0 Å². The van der Waals surface area contributed by atoms with Crippen molar-refractivity contribution in [2.24, 2.45) is 5.10 Å². The maximum Gasteiger partial charge on any atom is 0.186 e. The summed E-state index contributed by atoms with van der Waals surface area (Å²) in [6, 6.07) is 4.05. The molecule has 0 aliphatic carbocycles. The van der Waals surface area contributed by atoms with E-state index in [4.69, 9.17) is 17.0 Å². The summed E-state index contributed by atoms with van der Waals surface area (Å²) in [7, 11) is 0. The summed E-state index contributed by atoms with van der Waals surface area (Å²) in [5.74, 6) is 0. The molecular weight excluding hydrogens is 384 g/mol. The van der Waals surface area contributed by atoms with Gasteiger partial charge in [-0.3, -0.25) is 10.3 Å². The molecule has 1 saturated heterocycles. The van der Waals surface area contributed by atoms with E-state index >= 15 is 0 Å². The van der Waals surface area contributed by atoms with Gasteiger partial charge in [0.05, 0.1) is 27.6 Å². The molecule has 22 heavy (non-hydrogen) atoms. The summed E-state index contributed by atoms with van der Waals surface area (Å²) in [6.45, 7) is 7.64. The molecule has 0 aromatic carbocycles. The number of rotatable bonds is 6. The summed E-state index contributed by atoms with van der Waals surface area (Å²) < 4.78 is 6.43. The van der Waals surface area contributed by atoms with Gasteiger partial charge in [-0.15, -0.1) is 11.3 Å². The lowest BCUT2D eigenvalue weighted by Crippen LogP contribution is -2.39. The summed E-state index contributed by atoms with van der Waals surface area (Å²) >= 11 is 10.3. The van der Waals surface area contributed by atoms with Crippen LogP contribution >= 0.6 is 39.5 Å². The van der Waals surface area contributed by atoms with Crippen LogP contribution in [0.4, 0.5) is 0 Å². The van der Waals surface area contributed by atoms with Gasteiger partial charge in [0.25, 0.3) is 0 Å². The average Bonchev–Trinajstić information content (AvgIpc) is 2.97. The van der Waals surface area contributed by atoms with Crippen molar-refractivity contribution in [2.75, 3.05) is 39.4 Å². The van der Waals surface area contributed by atoms with Crippen LogP contribution in [0.15, 0.2) is 21.0 Å². The van der Waals surface area contributed by atoms with E-state index in [0.29, 0.717) is 5.11 Å². The molecule has 1 aromatic heterocycles. The number of nitrogens with one attached hydrogen (secondary N) is 2. The number of thiophene rings is 1. The highest BCUT2D eigenvalue weighted by Gasteiger charge is 2.09. The maximum atomic E-state index is 5.33. The Bertz CT molecular complexity index is 515. The Morgan fingerprint density at radius 1 is 1.45 bits per heavy atom. The number of morpholine rings is 1. The molecule has 0 radical (unpaired) electrons. The van der Waals surface area contributed by atoms with E-state index in [1.807, 2.05) is 19.1 Å². The summed E-state index contributed by atoms with van der Waals surface area (Å²) in [6.07, 6.45) is 1.06. The van der Waals surface area contributed by atoms with Crippen LogP contribution in [0, 0.1) is 0 Å². The van der Waals surface area contributed by atoms with Gasteiger partial charge in [0.1, 0.15) is 0 Å². The Hall–Kier alpha value is -0.540. The normalized spacial score (nSPS) is 16.5. The topological polar surface area (TPSA) is 48.9 Å². The molecule has 1 aromatic rings. The van der Waals surface area contributed by atoms with Gasteiger partial charge in [0.15, 0.2) is 5.11 Å². The number of hydrazone groups is 1. The van der Waals surface area contributed by atoms with Gasteiger partial charge in [0, 0.05) is 19.6 Å².